The minimum absolute atomic E-state index is 0. The first kappa shape index (κ1) is 19.3. The molecule has 0 spiro atoms. The SMILES string of the molecule is CCNC(=NCc1ccnn1C)NCCc1c[nH]c2ccccc12.I. The maximum absolute atomic E-state index is 4.62. The first-order chi connectivity index (χ1) is 11.8. The van der Waals surface area contributed by atoms with Crippen molar-refractivity contribution in [3.63, 3.8) is 0 Å². The van der Waals surface area contributed by atoms with Crippen molar-refractivity contribution >= 4 is 40.8 Å². The quantitative estimate of drug-likeness (QED) is 0.306. The van der Waals surface area contributed by atoms with Crippen molar-refractivity contribution in [2.45, 2.75) is 19.9 Å². The molecule has 0 unspecified atom stereocenters. The number of rotatable bonds is 6. The molecule has 0 atom stereocenters. The van der Waals surface area contributed by atoms with Crippen molar-refractivity contribution in [1.29, 1.82) is 0 Å². The second-order valence-electron chi connectivity index (χ2n) is 5.68. The third kappa shape index (κ3) is 4.97. The average molecular weight is 452 g/mol. The summed E-state index contributed by atoms with van der Waals surface area (Å²) in [5.74, 6) is 0.832. The van der Waals surface area contributed by atoms with Crippen molar-refractivity contribution in [2.75, 3.05) is 13.1 Å². The molecule has 0 bridgehead atoms. The number of aryl methyl sites for hydroxylation is 1. The van der Waals surface area contributed by atoms with Crippen LogP contribution in [-0.4, -0.2) is 33.8 Å². The van der Waals surface area contributed by atoms with Crippen molar-refractivity contribution in [3.8, 4) is 0 Å². The predicted molar refractivity (Wildman–Crippen MR) is 113 cm³/mol. The van der Waals surface area contributed by atoms with Crippen LogP contribution >= 0.6 is 24.0 Å². The third-order valence-corrected chi connectivity index (χ3v) is 4.03. The highest BCUT2D eigenvalue weighted by molar-refractivity contribution is 14.0. The number of aromatic amines is 1. The van der Waals surface area contributed by atoms with Crippen molar-refractivity contribution in [3.05, 3.63) is 54.0 Å². The molecule has 25 heavy (non-hydrogen) atoms. The number of para-hydroxylation sites is 1. The predicted octanol–water partition coefficient (Wildman–Crippen LogP) is 2.82. The summed E-state index contributed by atoms with van der Waals surface area (Å²) in [5, 5.41) is 12.1. The van der Waals surface area contributed by atoms with E-state index >= 15 is 0 Å². The van der Waals surface area contributed by atoms with Crippen LogP contribution in [0.4, 0.5) is 0 Å². The molecule has 7 heteroatoms. The van der Waals surface area contributed by atoms with Gasteiger partial charge in [0.1, 0.15) is 0 Å². The fraction of sp³-hybridized carbons (Fsp3) is 0.333. The van der Waals surface area contributed by atoms with Crippen LogP contribution in [0.2, 0.25) is 0 Å². The van der Waals surface area contributed by atoms with Gasteiger partial charge in [0.15, 0.2) is 5.96 Å². The summed E-state index contributed by atoms with van der Waals surface area (Å²) in [6, 6.07) is 10.4. The Balaban J connectivity index is 0.00000225. The number of nitrogens with zero attached hydrogens (tertiary/aromatic N) is 3. The molecule has 134 valence electrons. The second kappa shape index (κ2) is 9.45. The van der Waals surface area contributed by atoms with Crippen molar-refractivity contribution in [2.24, 2.45) is 12.0 Å². The van der Waals surface area contributed by atoms with E-state index in [1.54, 1.807) is 6.20 Å². The Kier molecular flexibility index (Phi) is 7.30. The van der Waals surface area contributed by atoms with Gasteiger partial charge in [0.05, 0.1) is 12.2 Å². The summed E-state index contributed by atoms with van der Waals surface area (Å²) >= 11 is 0. The van der Waals surface area contributed by atoms with Crippen molar-refractivity contribution in [1.82, 2.24) is 25.4 Å². The Bertz CT molecular complexity index is 820. The van der Waals surface area contributed by atoms with Gasteiger partial charge < -0.3 is 15.6 Å². The summed E-state index contributed by atoms with van der Waals surface area (Å²) in [7, 11) is 1.93. The number of H-pyrrole nitrogens is 1. The van der Waals surface area contributed by atoms with E-state index in [9.17, 15) is 0 Å². The molecule has 0 fully saturated rings. The van der Waals surface area contributed by atoms with Crippen LogP contribution in [0, 0.1) is 0 Å². The van der Waals surface area contributed by atoms with Gasteiger partial charge in [-0.05, 0) is 31.0 Å². The molecule has 0 radical (unpaired) electrons. The van der Waals surface area contributed by atoms with Gasteiger partial charge in [-0.15, -0.1) is 24.0 Å². The first-order valence-corrected chi connectivity index (χ1v) is 8.32. The molecular weight excluding hydrogens is 427 g/mol. The highest BCUT2D eigenvalue weighted by atomic mass is 127. The van der Waals surface area contributed by atoms with Gasteiger partial charge in [-0.1, -0.05) is 18.2 Å². The van der Waals surface area contributed by atoms with E-state index in [0.717, 1.165) is 31.2 Å². The molecule has 0 amide bonds. The number of hydrogen-bond donors (Lipinski definition) is 3. The number of guanidine groups is 1. The van der Waals surface area contributed by atoms with Crippen LogP contribution in [0.3, 0.4) is 0 Å². The lowest BCUT2D eigenvalue weighted by Gasteiger charge is -2.11. The standard InChI is InChI=1S/C18H24N6.HI/c1-3-19-18(22-13-15-9-11-23-24(15)2)20-10-8-14-12-21-17-7-5-4-6-16(14)17;/h4-7,9,11-12,21H,3,8,10,13H2,1-2H3,(H2,19,20,22);1H. The molecule has 2 heterocycles. The van der Waals surface area contributed by atoms with Gasteiger partial charge in [-0.2, -0.15) is 5.10 Å². The molecule has 2 aromatic heterocycles. The zero-order chi connectivity index (χ0) is 16.8. The monoisotopic (exact) mass is 452 g/mol. The Morgan fingerprint density at radius 3 is 2.84 bits per heavy atom. The summed E-state index contributed by atoms with van der Waals surface area (Å²) < 4.78 is 1.85. The zero-order valence-electron chi connectivity index (χ0n) is 14.6. The van der Waals surface area contributed by atoms with Gasteiger partial charge in [0.25, 0.3) is 0 Å². The average Bonchev–Trinajstić information content (AvgIpc) is 3.19. The number of fused-ring (bicyclic) bond motifs is 1. The van der Waals surface area contributed by atoms with Gasteiger partial charge in [-0.25, -0.2) is 4.99 Å². The van der Waals surface area contributed by atoms with E-state index in [4.69, 9.17) is 0 Å². The maximum atomic E-state index is 4.62. The third-order valence-electron chi connectivity index (χ3n) is 4.03. The van der Waals surface area contributed by atoms with E-state index in [1.807, 2.05) is 17.8 Å². The first-order valence-electron chi connectivity index (χ1n) is 8.32. The second-order valence-corrected chi connectivity index (χ2v) is 5.68. The Morgan fingerprint density at radius 2 is 2.08 bits per heavy atom. The molecule has 0 saturated carbocycles. The molecule has 0 aliphatic carbocycles. The van der Waals surface area contributed by atoms with Crippen LogP contribution in [0.1, 0.15) is 18.2 Å². The summed E-state index contributed by atoms with van der Waals surface area (Å²) in [5.41, 5.74) is 3.59. The molecule has 6 nitrogen and oxygen atoms in total. The molecule has 1 aromatic carbocycles. The largest absolute Gasteiger partial charge is 0.361 e. The van der Waals surface area contributed by atoms with Gasteiger partial charge in [0.2, 0.25) is 0 Å². The Labute approximate surface area is 165 Å². The number of aliphatic imine (C=N–C) groups is 1. The molecule has 0 aliphatic rings. The molecular formula is C18H25IN6. The summed E-state index contributed by atoms with van der Waals surface area (Å²) in [6.45, 7) is 4.35. The molecule has 3 aromatic rings. The fourth-order valence-corrected chi connectivity index (χ4v) is 2.71. The molecule has 3 rings (SSSR count). The molecule has 3 N–H and O–H groups in total. The zero-order valence-corrected chi connectivity index (χ0v) is 17.0. The number of halogens is 1. The lowest BCUT2D eigenvalue weighted by atomic mass is 10.1. The minimum Gasteiger partial charge on any atom is -0.361 e. The summed E-state index contributed by atoms with van der Waals surface area (Å²) in [4.78, 5) is 7.94. The van der Waals surface area contributed by atoms with Crippen LogP contribution in [0.25, 0.3) is 10.9 Å². The van der Waals surface area contributed by atoms with E-state index in [2.05, 4.69) is 63.1 Å². The Morgan fingerprint density at radius 1 is 1.24 bits per heavy atom. The van der Waals surface area contributed by atoms with E-state index in [-0.39, 0.29) is 24.0 Å². The maximum Gasteiger partial charge on any atom is 0.191 e. The minimum atomic E-state index is 0. The normalized spacial score (nSPS) is 11.4. The highest BCUT2D eigenvalue weighted by Gasteiger charge is 2.04. The number of hydrogen-bond acceptors (Lipinski definition) is 2. The summed E-state index contributed by atoms with van der Waals surface area (Å²) in [6.07, 6.45) is 4.83. The Hall–Kier alpha value is -2.03. The molecule has 0 aliphatic heterocycles. The smallest absolute Gasteiger partial charge is 0.191 e. The highest BCUT2D eigenvalue weighted by Crippen LogP contribution is 2.17. The van der Waals surface area contributed by atoms with Gasteiger partial charge in [0, 0.05) is 43.4 Å². The van der Waals surface area contributed by atoms with E-state index in [1.165, 1.54) is 16.5 Å². The topological polar surface area (TPSA) is 70.0 Å². The number of aromatic nitrogens is 3. The lowest BCUT2D eigenvalue weighted by Crippen LogP contribution is -2.38. The van der Waals surface area contributed by atoms with Gasteiger partial charge in [-0.3, -0.25) is 4.68 Å². The number of benzene rings is 1. The van der Waals surface area contributed by atoms with E-state index in [0.29, 0.717) is 6.54 Å². The van der Waals surface area contributed by atoms with Gasteiger partial charge >= 0.3 is 0 Å². The van der Waals surface area contributed by atoms with Crippen LogP contribution in [-0.2, 0) is 20.0 Å². The van der Waals surface area contributed by atoms with Crippen LogP contribution < -0.4 is 10.6 Å². The molecule has 0 saturated heterocycles. The lowest BCUT2D eigenvalue weighted by molar-refractivity contribution is 0.707. The number of nitrogens with one attached hydrogen (secondary N) is 3. The van der Waals surface area contributed by atoms with E-state index < -0.39 is 0 Å². The fourth-order valence-electron chi connectivity index (χ4n) is 2.71. The van der Waals surface area contributed by atoms with Crippen molar-refractivity contribution < 1.29 is 0 Å². The van der Waals surface area contributed by atoms with Crippen LogP contribution in [0.5, 0.6) is 0 Å². The van der Waals surface area contributed by atoms with Crippen LogP contribution in [0.15, 0.2) is 47.7 Å².